The zero-order chi connectivity index (χ0) is 27.4. The summed E-state index contributed by atoms with van der Waals surface area (Å²) in [4.78, 5) is 50.4. The van der Waals surface area contributed by atoms with E-state index in [2.05, 4.69) is 4.74 Å². The van der Waals surface area contributed by atoms with E-state index in [1.54, 1.807) is 13.0 Å². The van der Waals surface area contributed by atoms with Crippen molar-refractivity contribution in [1.82, 2.24) is 9.55 Å². The van der Waals surface area contributed by atoms with Gasteiger partial charge in [-0.25, -0.2) is 4.79 Å². The second kappa shape index (κ2) is 11.4. The van der Waals surface area contributed by atoms with E-state index in [-0.39, 0.29) is 36.8 Å². The van der Waals surface area contributed by atoms with E-state index in [0.29, 0.717) is 4.57 Å². The highest BCUT2D eigenvalue weighted by atomic mass is 35.5. The Morgan fingerprint density at radius 2 is 2.14 bits per heavy atom. The fourth-order valence-corrected chi connectivity index (χ4v) is 4.74. The summed E-state index contributed by atoms with van der Waals surface area (Å²) >= 11 is 6.20. The summed E-state index contributed by atoms with van der Waals surface area (Å²) in [6.07, 6.45) is -0.0332. The molecule has 2 aromatic rings. The van der Waals surface area contributed by atoms with Crippen molar-refractivity contribution in [2.24, 2.45) is 4.74 Å². The summed E-state index contributed by atoms with van der Waals surface area (Å²) in [5.74, 6) is -6.99. The van der Waals surface area contributed by atoms with Gasteiger partial charge in [0.25, 0.3) is 17.1 Å². The second-order valence-electron chi connectivity index (χ2n) is 8.28. The van der Waals surface area contributed by atoms with Crippen molar-refractivity contribution >= 4 is 25.7 Å². The van der Waals surface area contributed by atoms with Gasteiger partial charge in [0.05, 0.1) is 11.6 Å². The van der Waals surface area contributed by atoms with E-state index >= 15 is 4.39 Å². The van der Waals surface area contributed by atoms with Gasteiger partial charge in [-0.3, -0.25) is 19.1 Å². The summed E-state index contributed by atoms with van der Waals surface area (Å²) < 4.78 is 42.6. The average Bonchev–Trinajstić information content (AvgIpc) is 3.17. The minimum Gasteiger partial charge on any atom is -0.583 e. The first-order valence-electron chi connectivity index (χ1n) is 11.2. The maximum atomic E-state index is 16.9. The van der Waals surface area contributed by atoms with Crippen LogP contribution in [-0.2, 0) is 24.5 Å². The number of carbonyl (C=O) groups excluding carboxylic acids is 1. The van der Waals surface area contributed by atoms with E-state index in [0.717, 1.165) is 19.2 Å². The van der Waals surface area contributed by atoms with E-state index in [1.807, 2.05) is 4.98 Å². The molecule has 12 nitrogen and oxygen atoms in total. The molecule has 1 saturated heterocycles. The van der Waals surface area contributed by atoms with Crippen molar-refractivity contribution in [3.63, 3.8) is 0 Å². The Morgan fingerprint density at radius 1 is 1.43 bits per heavy atom. The first kappa shape index (κ1) is 28.9. The number of benzene rings is 1. The van der Waals surface area contributed by atoms with Crippen molar-refractivity contribution < 1.29 is 37.9 Å². The highest BCUT2D eigenvalue weighted by molar-refractivity contribution is 7.33. The Kier molecular flexibility index (Phi) is 8.89. The fraction of sp³-hybridized carbons (Fsp3) is 0.500. The maximum absolute atomic E-state index is 16.9. The molecule has 1 aromatic carbocycles. The number of aromatic nitrogens is 2. The van der Waals surface area contributed by atoms with Crippen molar-refractivity contribution in [3.8, 4) is 5.75 Å². The van der Waals surface area contributed by atoms with Crippen molar-refractivity contribution in [3.05, 3.63) is 62.4 Å². The van der Waals surface area contributed by atoms with Crippen LogP contribution in [0.3, 0.4) is 0 Å². The van der Waals surface area contributed by atoms with Crippen LogP contribution in [0.25, 0.3) is 0 Å². The van der Waals surface area contributed by atoms with Crippen LogP contribution in [0.2, 0.25) is 5.02 Å². The van der Waals surface area contributed by atoms with Crippen LogP contribution in [-0.4, -0.2) is 51.5 Å². The quantitative estimate of drug-likeness (QED) is 0.250. The van der Waals surface area contributed by atoms with Gasteiger partial charge in [-0.05, 0) is 19.1 Å². The lowest BCUT2D eigenvalue weighted by Crippen LogP contribution is -2.67. The van der Waals surface area contributed by atoms with Gasteiger partial charge >= 0.3 is 25.7 Å². The summed E-state index contributed by atoms with van der Waals surface area (Å²) in [6, 6.07) is 6.92. The average molecular weight is 562 g/mol. The van der Waals surface area contributed by atoms with Gasteiger partial charge in [-0.2, -0.15) is 4.39 Å². The van der Waals surface area contributed by atoms with Crippen LogP contribution < -0.4 is 20.9 Å². The minimum absolute atomic E-state index is 0.0471. The topological polar surface area (TPSA) is 164 Å². The number of aromatic amines is 1. The number of hydrogen-bond acceptors (Lipinski definition) is 10. The molecule has 0 aliphatic carbocycles. The normalized spacial score (nSPS) is 24.4. The lowest BCUT2D eigenvalue weighted by atomic mass is 9.95. The van der Waals surface area contributed by atoms with Crippen LogP contribution >= 0.6 is 19.8 Å². The Balaban J connectivity index is 2.03. The van der Waals surface area contributed by atoms with Crippen molar-refractivity contribution in [2.45, 2.75) is 57.1 Å². The Morgan fingerprint density at radius 3 is 2.78 bits per heavy atom. The Bertz CT molecular complexity index is 1290. The SMILES string of the molecule is CCC(=O)O[C@@H](C)CN=[P+]([O-])O[C@](C)(O)[C@]1(F)OCC[C@@]1(Oc1ccccc1Cl)n1ccc(=O)[nH]c1=O. The number of alkyl halides is 1. The van der Waals surface area contributed by atoms with E-state index in [1.165, 1.54) is 25.1 Å². The molecule has 0 saturated carbocycles. The van der Waals surface area contributed by atoms with Crippen LogP contribution in [0.15, 0.2) is 50.9 Å². The number of nitrogens with zero attached hydrogens (tertiary/aromatic N) is 2. The molecule has 5 atom stereocenters. The van der Waals surface area contributed by atoms with Crippen molar-refractivity contribution in [2.75, 3.05) is 13.2 Å². The minimum atomic E-state index is -3.39. The molecule has 202 valence electrons. The molecule has 0 radical (unpaired) electrons. The summed E-state index contributed by atoms with van der Waals surface area (Å²) in [6.45, 7) is 3.27. The lowest BCUT2D eigenvalue weighted by molar-refractivity contribution is -0.368. The molecule has 0 spiro atoms. The first-order valence-corrected chi connectivity index (χ1v) is 12.7. The van der Waals surface area contributed by atoms with Gasteiger partial charge in [-0.15, -0.1) is 4.52 Å². The molecule has 0 bridgehead atoms. The highest BCUT2D eigenvalue weighted by Crippen LogP contribution is 2.52. The molecular formula is C22H26ClFN3O9P. The van der Waals surface area contributed by atoms with Gasteiger partial charge in [0, 0.05) is 32.0 Å². The number of para-hydroxylation sites is 1. The number of esters is 1. The smallest absolute Gasteiger partial charge is 0.345 e. The third-order valence-corrected chi connectivity index (χ3v) is 6.72. The number of carbonyl (C=O) groups is 1. The molecule has 15 heteroatoms. The summed E-state index contributed by atoms with van der Waals surface area (Å²) in [5.41, 5.74) is -4.33. The van der Waals surface area contributed by atoms with Gasteiger partial charge in [-0.1, -0.05) is 35.4 Å². The largest absolute Gasteiger partial charge is 0.583 e. The molecule has 2 N–H and O–H groups in total. The molecule has 1 aromatic heterocycles. The molecule has 3 rings (SSSR count). The molecule has 1 fully saturated rings. The highest BCUT2D eigenvalue weighted by Gasteiger charge is 2.74. The predicted octanol–water partition coefficient (Wildman–Crippen LogP) is 1.93. The van der Waals surface area contributed by atoms with Gasteiger partial charge in [0.1, 0.15) is 18.4 Å². The number of H-pyrrole nitrogens is 1. The maximum Gasteiger partial charge on any atom is 0.345 e. The molecule has 0 amide bonds. The van der Waals surface area contributed by atoms with E-state index in [4.69, 9.17) is 30.3 Å². The summed E-state index contributed by atoms with van der Waals surface area (Å²) in [5, 5.41) is 11.2. The van der Waals surface area contributed by atoms with E-state index < -0.39 is 48.9 Å². The van der Waals surface area contributed by atoms with Crippen LogP contribution in [0.4, 0.5) is 4.39 Å². The molecule has 1 aliphatic rings. The van der Waals surface area contributed by atoms with Gasteiger partial charge < -0.3 is 24.2 Å². The number of rotatable bonds is 10. The molecular weight excluding hydrogens is 536 g/mol. The van der Waals surface area contributed by atoms with Crippen LogP contribution in [0, 0.1) is 0 Å². The summed E-state index contributed by atoms with van der Waals surface area (Å²) in [7, 11) is -3.08. The van der Waals surface area contributed by atoms with E-state index in [9.17, 15) is 24.4 Å². The van der Waals surface area contributed by atoms with Gasteiger partial charge in [0.15, 0.2) is 0 Å². The van der Waals surface area contributed by atoms with Crippen molar-refractivity contribution in [1.29, 1.82) is 0 Å². The lowest BCUT2D eigenvalue weighted by Gasteiger charge is -2.43. The molecule has 1 unspecified atom stereocenters. The van der Waals surface area contributed by atoms with Gasteiger partial charge in [0.2, 0.25) is 0 Å². The first-order chi connectivity index (χ1) is 17.3. The third kappa shape index (κ3) is 5.92. The number of halogens is 2. The molecule has 1 aliphatic heterocycles. The molecule has 2 heterocycles. The zero-order valence-corrected chi connectivity index (χ0v) is 21.8. The molecule has 37 heavy (non-hydrogen) atoms. The van der Waals surface area contributed by atoms with Crippen LogP contribution in [0.1, 0.15) is 33.6 Å². The number of nitrogens with one attached hydrogen (secondary N) is 1. The predicted molar refractivity (Wildman–Crippen MR) is 128 cm³/mol. The standard InChI is InChI=1S/C22H26ClFN3O9P/c1-4-18(29)34-14(2)13-25-37(32)36-20(3,31)22(24)21(10-12-33-22,27-11-9-17(28)26-19(27)30)35-16-8-6-5-7-15(16)23/h5-9,11,14,31H,4,10,12-13H2,1-3H3,(H,26,28,30)/t14-,20-,21-,22-/m0/s1. The zero-order valence-electron chi connectivity index (χ0n) is 20.2. The van der Waals surface area contributed by atoms with Crippen LogP contribution in [0.5, 0.6) is 5.75 Å². The Labute approximate surface area is 216 Å². The number of ether oxygens (including phenoxy) is 3. The third-order valence-electron chi connectivity index (χ3n) is 5.50. The Hall–Kier alpha value is -2.67. The number of hydrogen-bond donors (Lipinski definition) is 2. The second-order valence-corrected chi connectivity index (χ2v) is 9.63. The fourth-order valence-electron chi connectivity index (χ4n) is 3.72. The number of aliphatic hydroxyl groups is 1. The monoisotopic (exact) mass is 561 g/mol.